The SMILES string of the molecule is CC(Cn1cccn1)Nc1nc(N)nc(OC(C)C)n1. The average molecular weight is 277 g/mol. The van der Waals surface area contributed by atoms with Crippen LogP contribution in [0.2, 0.25) is 0 Å². The molecule has 0 amide bonds. The first kappa shape index (κ1) is 14.0. The predicted octanol–water partition coefficient (Wildman–Crippen LogP) is 0.938. The van der Waals surface area contributed by atoms with Crippen LogP contribution >= 0.6 is 0 Å². The molecule has 0 saturated carbocycles. The lowest BCUT2D eigenvalue weighted by Gasteiger charge is -2.15. The Kier molecular flexibility index (Phi) is 4.34. The van der Waals surface area contributed by atoms with Gasteiger partial charge in [-0.3, -0.25) is 4.68 Å². The number of nitrogens with two attached hydrogens (primary N) is 1. The standard InChI is InChI=1S/C12H19N7O/c1-8(2)20-12-17-10(13)16-11(18-12)15-9(3)7-19-6-4-5-14-19/h4-6,8-9H,7H2,1-3H3,(H3,13,15,16,17,18). The molecule has 1 atom stereocenters. The van der Waals surface area contributed by atoms with Crippen molar-refractivity contribution in [1.82, 2.24) is 24.7 Å². The predicted molar refractivity (Wildman–Crippen MR) is 75.3 cm³/mol. The highest BCUT2D eigenvalue weighted by Gasteiger charge is 2.10. The zero-order chi connectivity index (χ0) is 14.5. The Labute approximate surface area is 117 Å². The van der Waals surface area contributed by atoms with Crippen LogP contribution in [0.1, 0.15) is 20.8 Å². The molecular weight excluding hydrogens is 258 g/mol. The first-order valence-electron chi connectivity index (χ1n) is 6.45. The van der Waals surface area contributed by atoms with Gasteiger partial charge < -0.3 is 15.8 Å². The summed E-state index contributed by atoms with van der Waals surface area (Å²) >= 11 is 0. The Bertz CT molecular complexity index is 541. The summed E-state index contributed by atoms with van der Waals surface area (Å²) in [5.74, 6) is 0.525. The molecule has 0 aromatic carbocycles. The van der Waals surface area contributed by atoms with E-state index in [4.69, 9.17) is 10.5 Å². The van der Waals surface area contributed by atoms with Crippen LogP contribution in [0.3, 0.4) is 0 Å². The van der Waals surface area contributed by atoms with Gasteiger partial charge in [0, 0.05) is 18.4 Å². The van der Waals surface area contributed by atoms with E-state index in [-0.39, 0.29) is 24.1 Å². The summed E-state index contributed by atoms with van der Waals surface area (Å²) in [6.45, 7) is 6.49. The van der Waals surface area contributed by atoms with Gasteiger partial charge in [-0.25, -0.2) is 0 Å². The van der Waals surface area contributed by atoms with Crippen molar-refractivity contribution in [3.8, 4) is 6.01 Å². The number of hydrogen-bond acceptors (Lipinski definition) is 7. The van der Waals surface area contributed by atoms with Crippen LogP contribution in [-0.2, 0) is 6.54 Å². The number of nitrogens with one attached hydrogen (secondary N) is 1. The third-order valence-electron chi connectivity index (χ3n) is 2.37. The molecule has 0 aliphatic rings. The molecule has 0 saturated heterocycles. The van der Waals surface area contributed by atoms with E-state index in [0.717, 1.165) is 0 Å². The fraction of sp³-hybridized carbons (Fsp3) is 0.500. The van der Waals surface area contributed by atoms with Crippen molar-refractivity contribution in [2.45, 2.75) is 39.5 Å². The van der Waals surface area contributed by atoms with Crippen molar-refractivity contribution in [2.24, 2.45) is 0 Å². The lowest BCUT2D eigenvalue weighted by atomic mass is 10.3. The van der Waals surface area contributed by atoms with Crippen molar-refractivity contribution in [1.29, 1.82) is 0 Å². The van der Waals surface area contributed by atoms with Gasteiger partial charge in [-0.15, -0.1) is 0 Å². The van der Waals surface area contributed by atoms with Gasteiger partial charge in [0.25, 0.3) is 0 Å². The second kappa shape index (κ2) is 6.18. The molecule has 0 radical (unpaired) electrons. The molecule has 0 aliphatic heterocycles. The molecule has 0 bridgehead atoms. The minimum absolute atomic E-state index is 0.0221. The molecule has 0 aliphatic carbocycles. The van der Waals surface area contributed by atoms with Crippen LogP contribution < -0.4 is 15.8 Å². The topological polar surface area (TPSA) is 104 Å². The fourth-order valence-electron chi connectivity index (χ4n) is 1.66. The number of anilines is 2. The van der Waals surface area contributed by atoms with Crippen molar-refractivity contribution in [2.75, 3.05) is 11.1 Å². The number of hydrogen-bond donors (Lipinski definition) is 2. The largest absolute Gasteiger partial charge is 0.461 e. The van der Waals surface area contributed by atoms with Crippen LogP contribution in [0.4, 0.5) is 11.9 Å². The first-order chi connectivity index (χ1) is 9.52. The van der Waals surface area contributed by atoms with E-state index in [9.17, 15) is 0 Å². The summed E-state index contributed by atoms with van der Waals surface area (Å²) < 4.78 is 7.25. The smallest absolute Gasteiger partial charge is 0.323 e. The van der Waals surface area contributed by atoms with Gasteiger partial charge in [-0.1, -0.05) is 0 Å². The van der Waals surface area contributed by atoms with Gasteiger partial charge in [-0.05, 0) is 26.8 Å². The zero-order valence-electron chi connectivity index (χ0n) is 11.8. The number of aromatic nitrogens is 5. The normalized spacial score (nSPS) is 12.4. The van der Waals surface area contributed by atoms with Gasteiger partial charge >= 0.3 is 6.01 Å². The van der Waals surface area contributed by atoms with Gasteiger partial charge in [0.1, 0.15) is 0 Å². The second-order valence-corrected chi connectivity index (χ2v) is 4.74. The molecule has 8 nitrogen and oxygen atoms in total. The van der Waals surface area contributed by atoms with E-state index < -0.39 is 0 Å². The summed E-state index contributed by atoms with van der Waals surface area (Å²) in [4.78, 5) is 12.2. The van der Waals surface area contributed by atoms with Crippen LogP contribution in [-0.4, -0.2) is 36.9 Å². The maximum atomic E-state index is 5.65. The van der Waals surface area contributed by atoms with Crippen LogP contribution in [0, 0.1) is 0 Å². The number of ether oxygens (including phenoxy) is 1. The average Bonchev–Trinajstić information content (AvgIpc) is 2.79. The van der Waals surface area contributed by atoms with Gasteiger partial charge in [0.15, 0.2) is 0 Å². The Morgan fingerprint density at radius 1 is 1.30 bits per heavy atom. The summed E-state index contributed by atoms with van der Waals surface area (Å²) in [6.07, 6.45) is 3.61. The first-order valence-corrected chi connectivity index (χ1v) is 6.45. The molecule has 108 valence electrons. The third-order valence-corrected chi connectivity index (χ3v) is 2.37. The van der Waals surface area contributed by atoms with E-state index in [2.05, 4.69) is 25.4 Å². The Balaban J connectivity index is 2.02. The molecule has 2 heterocycles. The maximum Gasteiger partial charge on any atom is 0.323 e. The molecule has 1 unspecified atom stereocenters. The summed E-state index contributed by atoms with van der Waals surface area (Å²) in [5.41, 5.74) is 5.65. The molecule has 20 heavy (non-hydrogen) atoms. The van der Waals surface area contributed by atoms with Gasteiger partial charge in [-0.2, -0.15) is 20.1 Å². The van der Waals surface area contributed by atoms with Crippen molar-refractivity contribution >= 4 is 11.9 Å². The van der Waals surface area contributed by atoms with Crippen LogP contribution in [0.25, 0.3) is 0 Å². The number of rotatable bonds is 6. The van der Waals surface area contributed by atoms with Crippen LogP contribution in [0.5, 0.6) is 6.01 Å². The number of nitrogen functional groups attached to an aromatic ring is 1. The second-order valence-electron chi connectivity index (χ2n) is 4.74. The highest BCUT2D eigenvalue weighted by atomic mass is 16.5. The number of nitrogens with zero attached hydrogens (tertiary/aromatic N) is 5. The monoisotopic (exact) mass is 277 g/mol. The molecule has 0 fully saturated rings. The minimum atomic E-state index is -0.0221. The van der Waals surface area contributed by atoms with E-state index in [1.54, 1.807) is 6.20 Å². The van der Waals surface area contributed by atoms with Crippen molar-refractivity contribution in [3.63, 3.8) is 0 Å². The highest BCUT2D eigenvalue weighted by molar-refractivity contribution is 5.33. The van der Waals surface area contributed by atoms with Gasteiger partial charge in [0.2, 0.25) is 11.9 Å². The quantitative estimate of drug-likeness (QED) is 0.809. The molecule has 2 aromatic heterocycles. The summed E-state index contributed by atoms with van der Waals surface area (Å²) in [7, 11) is 0. The minimum Gasteiger partial charge on any atom is -0.461 e. The molecule has 0 spiro atoms. The zero-order valence-corrected chi connectivity index (χ0v) is 11.8. The lowest BCUT2D eigenvalue weighted by Crippen LogP contribution is -2.24. The van der Waals surface area contributed by atoms with Crippen molar-refractivity contribution < 1.29 is 4.74 Å². The molecule has 2 rings (SSSR count). The van der Waals surface area contributed by atoms with E-state index in [0.29, 0.717) is 12.5 Å². The van der Waals surface area contributed by atoms with E-state index in [1.807, 2.05) is 37.7 Å². The van der Waals surface area contributed by atoms with Crippen molar-refractivity contribution in [3.05, 3.63) is 18.5 Å². The van der Waals surface area contributed by atoms with E-state index in [1.165, 1.54) is 0 Å². The Morgan fingerprint density at radius 2 is 2.10 bits per heavy atom. The molecule has 8 heteroatoms. The highest BCUT2D eigenvalue weighted by Crippen LogP contribution is 2.11. The van der Waals surface area contributed by atoms with Crippen LogP contribution in [0.15, 0.2) is 18.5 Å². The maximum absolute atomic E-state index is 5.65. The summed E-state index contributed by atoms with van der Waals surface area (Å²) in [6, 6.07) is 2.19. The van der Waals surface area contributed by atoms with E-state index >= 15 is 0 Å². The lowest BCUT2D eigenvalue weighted by molar-refractivity contribution is 0.222. The Morgan fingerprint density at radius 3 is 2.75 bits per heavy atom. The molecular formula is C12H19N7O. The summed E-state index contributed by atoms with van der Waals surface area (Å²) in [5, 5.41) is 7.30. The Hall–Kier alpha value is -2.38. The fourth-order valence-corrected chi connectivity index (χ4v) is 1.66. The molecule has 3 N–H and O–H groups in total. The third kappa shape index (κ3) is 4.08. The van der Waals surface area contributed by atoms with Gasteiger partial charge in [0.05, 0.1) is 12.6 Å². The molecule has 2 aromatic rings.